The molecule has 4 aromatic rings. The van der Waals surface area contributed by atoms with Gasteiger partial charge in [0.1, 0.15) is 23.0 Å². The zero-order valence-corrected chi connectivity index (χ0v) is 20.8. The maximum Gasteiger partial charge on any atom is 0.264 e. The Morgan fingerprint density at radius 2 is 1.72 bits per heavy atom. The summed E-state index contributed by atoms with van der Waals surface area (Å²) in [6, 6.07) is 14.5. The van der Waals surface area contributed by atoms with E-state index in [1.807, 2.05) is 19.0 Å². The van der Waals surface area contributed by atoms with Crippen LogP contribution in [-0.4, -0.2) is 67.7 Å². The molecule has 2 aromatic carbocycles. The van der Waals surface area contributed by atoms with Crippen molar-refractivity contribution in [2.24, 2.45) is 0 Å². The molecule has 0 aliphatic heterocycles. The second-order valence-corrected chi connectivity index (χ2v) is 9.73. The van der Waals surface area contributed by atoms with Gasteiger partial charge in [0.2, 0.25) is 5.88 Å². The summed E-state index contributed by atoms with van der Waals surface area (Å²) in [6.07, 6.45) is 1.22. The van der Waals surface area contributed by atoms with Gasteiger partial charge >= 0.3 is 0 Å². The van der Waals surface area contributed by atoms with E-state index in [1.54, 1.807) is 30.3 Å². The summed E-state index contributed by atoms with van der Waals surface area (Å²) in [5, 5.41) is 13.0. The number of para-hydroxylation sites is 2. The summed E-state index contributed by atoms with van der Waals surface area (Å²) in [5.74, 6) is 0.810. The number of methoxy groups -OCH3 is 1. The molecule has 36 heavy (non-hydrogen) atoms. The number of ether oxygens (including phenoxy) is 2. The smallest absolute Gasteiger partial charge is 0.264 e. The quantitative estimate of drug-likeness (QED) is 0.291. The highest BCUT2D eigenvalue weighted by molar-refractivity contribution is 7.92. The fraction of sp³-hybridized carbons (Fsp3) is 0.208. The second-order valence-electron chi connectivity index (χ2n) is 8.04. The topological polar surface area (TPSA) is 139 Å². The lowest BCUT2D eigenvalue weighted by atomic mass is 10.2. The molecule has 2 heterocycles. The Kier molecular flexibility index (Phi) is 7.36. The lowest BCUT2D eigenvalue weighted by Crippen LogP contribution is -2.20. The van der Waals surface area contributed by atoms with Crippen LogP contribution in [0.4, 0.5) is 17.3 Å². The van der Waals surface area contributed by atoms with E-state index >= 15 is 0 Å². The van der Waals surface area contributed by atoms with Gasteiger partial charge in [0.05, 0.1) is 24.3 Å². The number of phenolic OH excluding ortho intramolecular Hbond substituents is 1. The zero-order chi connectivity index (χ0) is 25.7. The third-order valence-corrected chi connectivity index (χ3v) is 6.32. The Morgan fingerprint density at radius 3 is 2.36 bits per heavy atom. The number of benzene rings is 2. The Morgan fingerprint density at radius 1 is 1.00 bits per heavy atom. The largest absolute Gasteiger partial charge is 0.508 e. The van der Waals surface area contributed by atoms with Crippen molar-refractivity contribution in [1.82, 2.24) is 19.9 Å². The fourth-order valence-electron chi connectivity index (χ4n) is 3.20. The number of sulfonamides is 1. The van der Waals surface area contributed by atoms with Gasteiger partial charge in [-0.3, -0.25) is 4.72 Å². The van der Waals surface area contributed by atoms with E-state index in [-0.39, 0.29) is 22.3 Å². The second kappa shape index (κ2) is 10.6. The number of phenols is 1. The molecule has 11 nitrogen and oxygen atoms in total. The number of hydrogen-bond acceptors (Lipinski definition) is 10. The lowest BCUT2D eigenvalue weighted by molar-refractivity contribution is 0.253. The number of aromatic hydroxyl groups is 1. The summed E-state index contributed by atoms with van der Waals surface area (Å²) >= 11 is 0. The number of nitrogens with one attached hydrogen (secondary N) is 2. The Balaban J connectivity index is 1.64. The number of anilines is 3. The highest BCUT2D eigenvalue weighted by Gasteiger charge is 2.20. The molecule has 3 N–H and O–H groups in total. The van der Waals surface area contributed by atoms with E-state index in [1.165, 1.54) is 37.6 Å². The first-order chi connectivity index (χ1) is 17.2. The molecule has 0 unspecified atom stereocenters. The monoisotopic (exact) mass is 510 g/mol. The van der Waals surface area contributed by atoms with Crippen LogP contribution in [0.5, 0.6) is 17.4 Å². The molecule has 0 fully saturated rings. The summed E-state index contributed by atoms with van der Waals surface area (Å²) in [7, 11) is 1.26. The standard InChI is InChI=1S/C24H26N6O5S/c1-30(2)10-11-35-22-9-8-19(15-25-22)36(32,33)29-24-23(27-20-6-4-5-7-21(20)28-24)26-16-12-17(31)14-18(13-16)34-3/h4-9,12-15,31H,10-11H2,1-3H3,(H,26,27)(H,28,29). The van der Waals surface area contributed by atoms with E-state index in [4.69, 9.17) is 9.47 Å². The summed E-state index contributed by atoms with van der Waals surface area (Å²) < 4.78 is 39.5. The minimum Gasteiger partial charge on any atom is -0.508 e. The minimum absolute atomic E-state index is 0.0256. The Labute approximate surface area is 208 Å². The van der Waals surface area contributed by atoms with Crippen molar-refractivity contribution >= 4 is 38.4 Å². The molecule has 12 heteroatoms. The number of aromatic nitrogens is 3. The maximum atomic E-state index is 13.2. The van der Waals surface area contributed by atoms with Crippen LogP contribution in [0.2, 0.25) is 0 Å². The predicted molar refractivity (Wildman–Crippen MR) is 137 cm³/mol. The number of hydrogen-bond donors (Lipinski definition) is 3. The van der Waals surface area contributed by atoms with Crippen LogP contribution in [-0.2, 0) is 10.0 Å². The number of rotatable bonds is 10. The molecular weight excluding hydrogens is 484 g/mol. The van der Waals surface area contributed by atoms with Crippen molar-refractivity contribution in [2.75, 3.05) is 44.4 Å². The summed E-state index contributed by atoms with van der Waals surface area (Å²) in [6.45, 7) is 1.12. The molecule has 0 bridgehead atoms. The molecule has 0 aliphatic rings. The molecule has 0 saturated heterocycles. The van der Waals surface area contributed by atoms with Gasteiger partial charge in [-0.2, -0.15) is 0 Å². The molecule has 0 saturated carbocycles. The van der Waals surface area contributed by atoms with E-state index in [0.29, 0.717) is 41.5 Å². The number of nitrogens with zero attached hydrogens (tertiary/aromatic N) is 4. The van der Waals surface area contributed by atoms with Gasteiger partial charge in [-0.1, -0.05) is 12.1 Å². The van der Waals surface area contributed by atoms with E-state index in [2.05, 4.69) is 25.0 Å². The summed E-state index contributed by atoms with van der Waals surface area (Å²) in [5.41, 5.74) is 1.48. The molecule has 2 aromatic heterocycles. The van der Waals surface area contributed by atoms with E-state index in [9.17, 15) is 13.5 Å². The van der Waals surface area contributed by atoms with Gasteiger partial charge in [-0.25, -0.2) is 23.4 Å². The van der Waals surface area contributed by atoms with Crippen LogP contribution < -0.4 is 19.5 Å². The van der Waals surface area contributed by atoms with Gasteiger partial charge in [0.15, 0.2) is 11.6 Å². The van der Waals surface area contributed by atoms with Gasteiger partial charge in [0, 0.05) is 36.5 Å². The Bertz CT molecular complexity index is 1460. The molecule has 0 atom stereocenters. The van der Waals surface area contributed by atoms with Gasteiger partial charge in [0.25, 0.3) is 10.0 Å². The minimum atomic E-state index is -4.06. The van der Waals surface area contributed by atoms with Crippen molar-refractivity contribution in [2.45, 2.75) is 4.90 Å². The number of likely N-dealkylation sites (N-methyl/N-ethyl adjacent to an activating group) is 1. The van der Waals surface area contributed by atoms with Crippen LogP contribution in [0.15, 0.2) is 65.7 Å². The van der Waals surface area contributed by atoms with Gasteiger partial charge in [-0.05, 0) is 32.3 Å². The van der Waals surface area contributed by atoms with E-state index < -0.39 is 10.0 Å². The molecule has 0 radical (unpaired) electrons. The fourth-order valence-corrected chi connectivity index (χ4v) is 4.15. The van der Waals surface area contributed by atoms with Crippen LogP contribution in [0.25, 0.3) is 11.0 Å². The molecular formula is C24H26N6O5S. The van der Waals surface area contributed by atoms with Gasteiger partial charge < -0.3 is 24.8 Å². The first-order valence-corrected chi connectivity index (χ1v) is 12.4. The highest BCUT2D eigenvalue weighted by atomic mass is 32.2. The van der Waals surface area contributed by atoms with Crippen molar-refractivity contribution in [3.8, 4) is 17.4 Å². The average molecular weight is 511 g/mol. The Hall–Kier alpha value is -4.16. The predicted octanol–water partition coefficient (Wildman–Crippen LogP) is 3.22. The van der Waals surface area contributed by atoms with E-state index in [0.717, 1.165) is 0 Å². The average Bonchev–Trinajstić information content (AvgIpc) is 2.84. The lowest BCUT2D eigenvalue weighted by Gasteiger charge is -2.15. The third kappa shape index (κ3) is 6.09. The number of pyridine rings is 1. The van der Waals surface area contributed by atoms with Gasteiger partial charge in [-0.15, -0.1) is 0 Å². The maximum absolute atomic E-state index is 13.2. The third-order valence-electron chi connectivity index (χ3n) is 5.00. The SMILES string of the molecule is COc1cc(O)cc(Nc2nc3ccccc3nc2NS(=O)(=O)c2ccc(OCCN(C)C)nc2)c1. The highest BCUT2D eigenvalue weighted by Crippen LogP contribution is 2.31. The van der Waals surface area contributed by atoms with Crippen LogP contribution in [0, 0.1) is 0 Å². The van der Waals surface area contributed by atoms with Crippen molar-refractivity contribution < 1.29 is 23.0 Å². The van der Waals surface area contributed by atoms with Crippen LogP contribution in [0.1, 0.15) is 0 Å². The van der Waals surface area contributed by atoms with Crippen LogP contribution in [0.3, 0.4) is 0 Å². The molecule has 0 spiro atoms. The first-order valence-electron chi connectivity index (χ1n) is 10.9. The van der Waals surface area contributed by atoms with Crippen molar-refractivity contribution in [3.63, 3.8) is 0 Å². The van der Waals surface area contributed by atoms with Crippen molar-refractivity contribution in [3.05, 3.63) is 60.8 Å². The summed E-state index contributed by atoms with van der Waals surface area (Å²) in [4.78, 5) is 15.0. The van der Waals surface area contributed by atoms with Crippen molar-refractivity contribution in [1.29, 1.82) is 0 Å². The first kappa shape index (κ1) is 24.9. The molecule has 0 aliphatic carbocycles. The molecule has 0 amide bonds. The number of fused-ring (bicyclic) bond motifs is 1. The van der Waals surface area contributed by atoms with Crippen LogP contribution >= 0.6 is 0 Å². The molecule has 4 rings (SSSR count). The molecule has 188 valence electrons. The normalized spacial score (nSPS) is 11.4. The zero-order valence-electron chi connectivity index (χ0n) is 20.0.